The van der Waals surface area contributed by atoms with E-state index in [2.05, 4.69) is 15.5 Å². The Morgan fingerprint density at radius 3 is 2.21 bits per heavy atom. The molecule has 1 heterocycles. The lowest BCUT2D eigenvalue weighted by Crippen LogP contribution is -2.45. The number of para-hydroxylation sites is 2. The van der Waals surface area contributed by atoms with Gasteiger partial charge in [-0.1, -0.05) is 54.6 Å². The molecule has 0 bridgehead atoms. The van der Waals surface area contributed by atoms with Gasteiger partial charge in [-0.3, -0.25) is 9.59 Å². The Kier molecular flexibility index (Phi) is 7.25. The molecule has 1 saturated heterocycles. The van der Waals surface area contributed by atoms with Crippen molar-refractivity contribution in [3.05, 3.63) is 95.6 Å². The molecule has 0 spiro atoms. The van der Waals surface area contributed by atoms with Gasteiger partial charge in [-0.15, -0.1) is 0 Å². The second-order valence-electron chi connectivity index (χ2n) is 8.12. The Labute approximate surface area is 194 Å². The molecule has 1 aliphatic heterocycles. The topological polar surface area (TPSA) is 70.7 Å². The van der Waals surface area contributed by atoms with Crippen molar-refractivity contribution in [2.45, 2.75) is 25.4 Å². The molecule has 2 amide bonds. The van der Waals surface area contributed by atoms with Gasteiger partial charge in [0.05, 0.1) is 18.2 Å². The van der Waals surface area contributed by atoms with Crippen molar-refractivity contribution in [3.8, 4) is 5.75 Å². The first-order chi connectivity index (χ1) is 16.2. The average molecular weight is 444 g/mol. The lowest BCUT2D eigenvalue weighted by molar-refractivity contribution is 0.0926. The van der Waals surface area contributed by atoms with Crippen LogP contribution in [0.5, 0.6) is 5.75 Å². The fourth-order valence-electron chi connectivity index (χ4n) is 4.17. The third kappa shape index (κ3) is 5.52. The summed E-state index contributed by atoms with van der Waals surface area (Å²) in [7, 11) is 1.57. The highest BCUT2D eigenvalue weighted by Crippen LogP contribution is 2.25. The van der Waals surface area contributed by atoms with E-state index in [9.17, 15) is 9.59 Å². The summed E-state index contributed by atoms with van der Waals surface area (Å²) in [5.74, 6) is 0.371. The highest BCUT2D eigenvalue weighted by molar-refractivity contribution is 6.00. The molecule has 0 unspecified atom stereocenters. The number of ether oxygens (including phenoxy) is 1. The number of amides is 2. The molecule has 3 aromatic carbocycles. The number of nitrogens with one attached hydrogen (secondary N) is 2. The first kappa shape index (κ1) is 22.4. The van der Waals surface area contributed by atoms with Crippen molar-refractivity contribution in [2.75, 3.05) is 25.1 Å². The van der Waals surface area contributed by atoms with Crippen LogP contribution in [0.15, 0.2) is 78.9 Å². The van der Waals surface area contributed by atoms with E-state index in [1.165, 1.54) is 0 Å². The minimum atomic E-state index is -0.119. The largest absolute Gasteiger partial charge is 0.496 e. The molecule has 4 rings (SSSR count). The predicted molar refractivity (Wildman–Crippen MR) is 130 cm³/mol. The van der Waals surface area contributed by atoms with Gasteiger partial charge in [0.2, 0.25) is 0 Å². The van der Waals surface area contributed by atoms with Crippen molar-refractivity contribution in [1.29, 1.82) is 0 Å². The molecule has 170 valence electrons. The quantitative estimate of drug-likeness (QED) is 0.579. The van der Waals surface area contributed by atoms with Crippen molar-refractivity contribution in [2.24, 2.45) is 0 Å². The van der Waals surface area contributed by atoms with Crippen LogP contribution in [0.1, 0.15) is 39.1 Å². The third-order valence-corrected chi connectivity index (χ3v) is 5.97. The van der Waals surface area contributed by atoms with E-state index in [4.69, 9.17) is 4.74 Å². The summed E-state index contributed by atoms with van der Waals surface area (Å²) in [5, 5.41) is 6.16. The average Bonchev–Trinajstić information content (AvgIpc) is 2.88. The highest BCUT2D eigenvalue weighted by Gasteiger charge is 2.24. The van der Waals surface area contributed by atoms with Crippen LogP contribution in [0.4, 0.5) is 5.69 Å². The van der Waals surface area contributed by atoms with Crippen LogP contribution in [0.3, 0.4) is 0 Å². The Bertz CT molecular complexity index is 1090. The van der Waals surface area contributed by atoms with E-state index >= 15 is 0 Å². The summed E-state index contributed by atoms with van der Waals surface area (Å²) in [6.45, 7) is 2.02. The maximum Gasteiger partial charge on any atom is 0.255 e. The minimum Gasteiger partial charge on any atom is -0.496 e. The van der Waals surface area contributed by atoms with Gasteiger partial charge < -0.3 is 20.3 Å². The second kappa shape index (κ2) is 10.7. The predicted octanol–water partition coefficient (Wildman–Crippen LogP) is 4.02. The summed E-state index contributed by atoms with van der Waals surface area (Å²) in [6.07, 6.45) is 1.61. The first-order valence-electron chi connectivity index (χ1n) is 11.3. The lowest BCUT2D eigenvalue weighted by atomic mass is 10.0. The van der Waals surface area contributed by atoms with Crippen LogP contribution in [-0.4, -0.2) is 38.1 Å². The van der Waals surface area contributed by atoms with Gasteiger partial charge in [0.1, 0.15) is 5.75 Å². The van der Waals surface area contributed by atoms with Crippen LogP contribution in [0.2, 0.25) is 0 Å². The van der Waals surface area contributed by atoms with Gasteiger partial charge >= 0.3 is 0 Å². The van der Waals surface area contributed by atoms with Gasteiger partial charge in [0.25, 0.3) is 11.8 Å². The Balaban J connectivity index is 1.36. The molecule has 0 radical (unpaired) electrons. The molecule has 3 aromatic rings. The Hall–Kier alpha value is -3.80. The summed E-state index contributed by atoms with van der Waals surface area (Å²) in [4.78, 5) is 27.8. The van der Waals surface area contributed by atoms with E-state index in [1.807, 2.05) is 66.7 Å². The number of anilines is 1. The normalized spacial score (nSPS) is 13.9. The first-order valence-corrected chi connectivity index (χ1v) is 11.3. The fraction of sp³-hybridized carbons (Fsp3) is 0.259. The minimum absolute atomic E-state index is 0.0812. The molecule has 1 aliphatic rings. The van der Waals surface area contributed by atoms with Gasteiger partial charge in [-0.05, 0) is 42.7 Å². The molecule has 2 N–H and O–H groups in total. The van der Waals surface area contributed by atoms with Crippen LogP contribution in [0, 0.1) is 0 Å². The van der Waals surface area contributed by atoms with Crippen LogP contribution < -0.4 is 20.3 Å². The molecule has 0 aromatic heterocycles. The SMILES string of the molecule is COc1ccccc1C(=O)NC1CCN(c2ccccc2C(=O)NCc2ccccc2)CC1. The number of methoxy groups -OCH3 is 1. The number of carbonyl (C=O) groups is 2. The van der Waals surface area contributed by atoms with E-state index in [-0.39, 0.29) is 17.9 Å². The van der Waals surface area contributed by atoms with E-state index in [0.29, 0.717) is 23.4 Å². The molecule has 6 heteroatoms. The van der Waals surface area contributed by atoms with Gasteiger partial charge in [-0.25, -0.2) is 0 Å². The highest BCUT2D eigenvalue weighted by atomic mass is 16.5. The molecule has 0 aliphatic carbocycles. The van der Waals surface area contributed by atoms with Crippen LogP contribution in [0.25, 0.3) is 0 Å². The zero-order valence-corrected chi connectivity index (χ0v) is 18.8. The van der Waals surface area contributed by atoms with Crippen molar-refractivity contribution in [1.82, 2.24) is 10.6 Å². The third-order valence-electron chi connectivity index (χ3n) is 5.97. The summed E-state index contributed by atoms with van der Waals surface area (Å²) in [5.41, 5.74) is 3.21. The summed E-state index contributed by atoms with van der Waals surface area (Å²) in [6, 6.07) is 24.9. The summed E-state index contributed by atoms with van der Waals surface area (Å²) < 4.78 is 5.31. The fourth-order valence-corrected chi connectivity index (χ4v) is 4.17. The lowest BCUT2D eigenvalue weighted by Gasteiger charge is -2.35. The van der Waals surface area contributed by atoms with Crippen molar-refractivity contribution < 1.29 is 14.3 Å². The molecule has 0 atom stereocenters. The zero-order valence-electron chi connectivity index (χ0n) is 18.8. The zero-order chi connectivity index (χ0) is 23.0. The second-order valence-corrected chi connectivity index (χ2v) is 8.12. The van der Waals surface area contributed by atoms with Crippen molar-refractivity contribution in [3.63, 3.8) is 0 Å². The maximum atomic E-state index is 12.9. The van der Waals surface area contributed by atoms with Crippen LogP contribution in [-0.2, 0) is 6.54 Å². The van der Waals surface area contributed by atoms with Crippen LogP contribution >= 0.6 is 0 Å². The number of piperidine rings is 1. The van der Waals surface area contributed by atoms with Gasteiger partial charge in [-0.2, -0.15) is 0 Å². The molecular weight excluding hydrogens is 414 g/mol. The standard InChI is InChI=1S/C27H29N3O3/c1-33-25-14-8-6-12-23(25)27(32)29-21-15-17-30(18-16-21)24-13-7-5-11-22(24)26(31)28-19-20-9-3-2-4-10-20/h2-14,21H,15-19H2,1H3,(H,28,31)(H,29,32). The number of rotatable bonds is 7. The summed E-state index contributed by atoms with van der Waals surface area (Å²) >= 11 is 0. The maximum absolute atomic E-state index is 12.9. The number of nitrogens with zero attached hydrogens (tertiary/aromatic N) is 1. The number of carbonyl (C=O) groups excluding carboxylic acids is 2. The molecule has 6 nitrogen and oxygen atoms in total. The Morgan fingerprint density at radius 2 is 1.48 bits per heavy atom. The number of hydrogen-bond donors (Lipinski definition) is 2. The molecule has 33 heavy (non-hydrogen) atoms. The monoisotopic (exact) mass is 443 g/mol. The number of hydrogen-bond acceptors (Lipinski definition) is 4. The van der Waals surface area contributed by atoms with Crippen molar-refractivity contribution >= 4 is 17.5 Å². The molecule has 0 saturated carbocycles. The van der Waals surface area contributed by atoms with E-state index in [0.717, 1.165) is 37.2 Å². The van der Waals surface area contributed by atoms with E-state index in [1.54, 1.807) is 19.2 Å². The Morgan fingerprint density at radius 1 is 0.848 bits per heavy atom. The van der Waals surface area contributed by atoms with Gasteiger partial charge in [0, 0.05) is 31.4 Å². The molecule has 1 fully saturated rings. The number of benzene rings is 3. The smallest absolute Gasteiger partial charge is 0.255 e. The van der Waals surface area contributed by atoms with E-state index < -0.39 is 0 Å². The van der Waals surface area contributed by atoms with Gasteiger partial charge in [0.15, 0.2) is 0 Å². The molecular formula is C27H29N3O3.